The van der Waals surface area contributed by atoms with Gasteiger partial charge < -0.3 is 5.32 Å². The normalized spacial score (nSPS) is 11.2. The summed E-state index contributed by atoms with van der Waals surface area (Å²) in [6.45, 7) is 8.81. The van der Waals surface area contributed by atoms with Crippen LogP contribution in [-0.4, -0.2) is 9.78 Å². The summed E-state index contributed by atoms with van der Waals surface area (Å²) in [5.74, 6) is 0. The van der Waals surface area contributed by atoms with E-state index in [-0.39, 0.29) is 0 Å². The van der Waals surface area contributed by atoms with E-state index in [2.05, 4.69) is 41.9 Å². The summed E-state index contributed by atoms with van der Waals surface area (Å²) in [6, 6.07) is 0. The van der Waals surface area contributed by atoms with Crippen molar-refractivity contribution in [2.24, 2.45) is 0 Å². The molecule has 0 atom stereocenters. The second-order valence-corrected chi connectivity index (χ2v) is 5.68. The number of thiophene rings is 1. The van der Waals surface area contributed by atoms with Crippen molar-refractivity contribution < 1.29 is 0 Å². The lowest BCUT2D eigenvalue weighted by Gasteiger charge is -2.07. The quantitative estimate of drug-likeness (QED) is 0.879. The van der Waals surface area contributed by atoms with Crippen LogP contribution in [0, 0.1) is 6.92 Å². The van der Waals surface area contributed by atoms with Crippen molar-refractivity contribution in [2.75, 3.05) is 0 Å². The highest BCUT2D eigenvalue weighted by molar-refractivity contribution is 7.08. The van der Waals surface area contributed by atoms with Gasteiger partial charge in [-0.15, -0.1) is 0 Å². The lowest BCUT2D eigenvalue weighted by Crippen LogP contribution is -2.16. The molecule has 104 valence electrons. The Morgan fingerprint density at radius 2 is 2.11 bits per heavy atom. The van der Waals surface area contributed by atoms with Crippen molar-refractivity contribution in [1.29, 1.82) is 0 Å². The van der Waals surface area contributed by atoms with E-state index in [1.165, 1.54) is 11.1 Å². The van der Waals surface area contributed by atoms with Crippen LogP contribution in [0.1, 0.15) is 36.4 Å². The Morgan fingerprint density at radius 1 is 1.32 bits per heavy atom. The molecule has 2 aromatic rings. The first-order valence-corrected chi connectivity index (χ1v) is 7.95. The first-order chi connectivity index (χ1) is 9.17. The highest BCUT2D eigenvalue weighted by Gasteiger charge is 2.13. The average molecular weight is 298 g/mol. The lowest BCUT2D eigenvalue weighted by atomic mass is 10.2. The van der Waals surface area contributed by atoms with Crippen LogP contribution >= 0.6 is 22.9 Å². The van der Waals surface area contributed by atoms with Gasteiger partial charge in [0, 0.05) is 19.6 Å². The van der Waals surface area contributed by atoms with Crippen molar-refractivity contribution in [3.8, 4) is 0 Å². The number of nitrogens with one attached hydrogen (secondary N) is 1. The molecule has 0 aliphatic rings. The summed E-state index contributed by atoms with van der Waals surface area (Å²) < 4.78 is 1.99. The number of hydrogen-bond donors (Lipinski definition) is 1. The number of halogens is 1. The van der Waals surface area contributed by atoms with E-state index < -0.39 is 0 Å². The van der Waals surface area contributed by atoms with Crippen molar-refractivity contribution in [1.82, 2.24) is 15.1 Å². The van der Waals surface area contributed by atoms with Gasteiger partial charge >= 0.3 is 0 Å². The molecule has 0 unspecified atom stereocenters. The maximum absolute atomic E-state index is 6.38. The van der Waals surface area contributed by atoms with Gasteiger partial charge in [-0.25, -0.2) is 0 Å². The summed E-state index contributed by atoms with van der Waals surface area (Å²) in [4.78, 5) is 0. The predicted molar refractivity (Wildman–Crippen MR) is 81.9 cm³/mol. The molecule has 0 fully saturated rings. The molecule has 0 radical (unpaired) electrons. The first kappa shape index (κ1) is 14.6. The monoisotopic (exact) mass is 297 g/mol. The number of aromatic nitrogens is 2. The Morgan fingerprint density at radius 3 is 2.68 bits per heavy atom. The minimum atomic E-state index is 0.759. The summed E-state index contributed by atoms with van der Waals surface area (Å²) in [7, 11) is 0. The molecule has 0 saturated carbocycles. The van der Waals surface area contributed by atoms with E-state index >= 15 is 0 Å². The molecule has 19 heavy (non-hydrogen) atoms. The zero-order chi connectivity index (χ0) is 13.8. The maximum atomic E-state index is 6.38. The fraction of sp³-hybridized carbons (Fsp3) is 0.500. The fourth-order valence-corrected chi connectivity index (χ4v) is 3.26. The van der Waals surface area contributed by atoms with Gasteiger partial charge in [0.2, 0.25) is 0 Å². The van der Waals surface area contributed by atoms with Crippen LogP contribution < -0.4 is 5.32 Å². The second-order valence-electron chi connectivity index (χ2n) is 4.56. The third kappa shape index (κ3) is 3.19. The molecular formula is C14H20ClN3S. The van der Waals surface area contributed by atoms with E-state index in [4.69, 9.17) is 11.6 Å². The van der Waals surface area contributed by atoms with Crippen LogP contribution in [0.3, 0.4) is 0 Å². The highest BCUT2D eigenvalue weighted by atomic mass is 35.5. The Balaban J connectivity index is 2.03. The van der Waals surface area contributed by atoms with Crippen molar-refractivity contribution in [2.45, 2.75) is 46.8 Å². The summed E-state index contributed by atoms with van der Waals surface area (Å²) in [6.07, 6.45) is 0.877. The van der Waals surface area contributed by atoms with Gasteiger partial charge in [0.25, 0.3) is 0 Å². The van der Waals surface area contributed by atoms with Crippen LogP contribution in [0.15, 0.2) is 10.8 Å². The summed E-state index contributed by atoms with van der Waals surface area (Å²) >= 11 is 8.13. The topological polar surface area (TPSA) is 29.9 Å². The van der Waals surface area contributed by atoms with E-state index in [1.807, 2.05) is 4.68 Å². The summed E-state index contributed by atoms with van der Waals surface area (Å²) in [5, 5.41) is 13.2. The molecule has 0 spiro atoms. The molecule has 0 aliphatic carbocycles. The Labute approximate surface area is 123 Å². The Hall–Kier alpha value is -0.840. The van der Waals surface area contributed by atoms with Gasteiger partial charge in [-0.05, 0) is 42.2 Å². The fourth-order valence-electron chi connectivity index (χ4n) is 2.07. The smallest absolute Gasteiger partial charge is 0.0863 e. The zero-order valence-electron chi connectivity index (χ0n) is 11.7. The molecule has 5 heteroatoms. The predicted octanol–water partition coefficient (Wildman–Crippen LogP) is 3.78. The molecule has 2 rings (SSSR count). The van der Waals surface area contributed by atoms with Crippen molar-refractivity contribution in [3.05, 3.63) is 38.3 Å². The molecule has 1 N–H and O–H groups in total. The van der Waals surface area contributed by atoms with Gasteiger partial charge in [-0.1, -0.05) is 18.5 Å². The molecule has 0 aliphatic heterocycles. The van der Waals surface area contributed by atoms with E-state index in [0.717, 1.165) is 42.5 Å². The molecular weight excluding hydrogens is 278 g/mol. The standard InChI is InChI=1S/C14H20ClN3S/c1-4-12-14(15)13(18(5-2)17-12)7-16-6-11-9-19-8-10(11)3/h8-9,16H,4-7H2,1-3H3. The number of nitrogens with zero attached hydrogens (tertiary/aromatic N) is 2. The number of aryl methyl sites for hydroxylation is 3. The molecule has 0 amide bonds. The highest BCUT2D eigenvalue weighted by Crippen LogP contribution is 2.21. The summed E-state index contributed by atoms with van der Waals surface area (Å²) in [5.41, 5.74) is 4.79. The zero-order valence-corrected chi connectivity index (χ0v) is 13.2. The van der Waals surface area contributed by atoms with Crippen LogP contribution in [0.25, 0.3) is 0 Å². The van der Waals surface area contributed by atoms with Gasteiger partial charge in [-0.2, -0.15) is 16.4 Å². The lowest BCUT2D eigenvalue weighted by molar-refractivity contribution is 0.577. The van der Waals surface area contributed by atoms with Crippen LogP contribution in [0.4, 0.5) is 0 Å². The Bertz CT molecular complexity index is 545. The van der Waals surface area contributed by atoms with Crippen molar-refractivity contribution in [3.63, 3.8) is 0 Å². The molecule has 2 heterocycles. The second kappa shape index (κ2) is 6.55. The van der Waals surface area contributed by atoms with Gasteiger partial charge in [0.05, 0.1) is 16.4 Å². The van der Waals surface area contributed by atoms with E-state index in [0.29, 0.717) is 0 Å². The maximum Gasteiger partial charge on any atom is 0.0863 e. The van der Waals surface area contributed by atoms with Crippen molar-refractivity contribution >= 4 is 22.9 Å². The van der Waals surface area contributed by atoms with E-state index in [1.54, 1.807) is 11.3 Å². The first-order valence-electron chi connectivity index (χ1n) is 6.63. The third-order valence-corrected chi connectivity index (χ3v) is 4.61. The largest absolute Gasteiger partial charge is 0.307 e. The number of hydrogen-bond acceptors (Lipinski definition) is 3. The molecule has 3 nitrogen and oxygen atoms in total. The van der Waals surface area contributed by atoms with Crippen LogP contribution in [0.2, 0.25) is 5.02 Å². The minimum Gasteiger partial charge on any atom is -0.307 e. The van der Waals surface area contributed by atoms with Gasteiger partial charge in [0.15, 0.2) is 0 Å². The van der Waals surface area contributed by atoms with Gasteiger partial charge in [-0.3, -0.25) is 4.68 Å². The average Bonchev–Trinajstić information content (AvgIpc) is 2.95. The molecule has 0 aromatic carbocycles. The third-order valence-electron chi connectivity index (χ3n) is 3.26. The van der Waals surface area contributed by atoms with Gasteiger partial charge in [0.1, 0.15) is 0 Å². The molecule has 0 bridgehead atoms. The Kier molecular flexibility index (Phi) is 5.02. The van der Waals surface area contributed by atoms with Crippen LogP contribution in [-0.2, 0) is 26.1 Å². The minimum absolute atomic E-state index is 0.759. The van der Waals surface area contributed by atoms with Crippen LogP contribution in [0.5, 0.6) is 0 Å². The molecule has 0 saturated heterocycles. The SMILES string of the molecule is CCc1nn(CC)c(CNCc2cscc2C)c1Cl. The van der Waals surface area contributed by atoms with E-state index in [9.17, 15) is 0 Å². The molecule has 2 aromatic heterocycles. The number of rotatable bonds is 6.